The van der Waals surface area contributed by atoms with Crippen LogP contribution in [0.4, 0.5) is 5.69 Å². The van der Waals surface area contributed by atoms with Crippen LogP contribution in [0, 0.1) is 6.92 Å². The van der Waals surface area contributed by atoms with E-state index in [-0.39, 0.29) is 0 Å². The van der Waals surface area contributed by atoms with Crippen LogP contribution in [-0.2, 0) is 9.53 Å². The Kier molecular flexibility index (Phi) is 6.28. The van der Waals surface area contributed by atoms with Gasteiger partial charge >= 0.3 is 5.97 Å². The van der Waals surface area contributed by atoms with Crippen molar-refractivity contribution in [2.45, 2.75) is 6.92 Å². The molecule has 0 aliphatic rings. The molecule has 0 fully saturated rings. The van der Waals surface area contributed by atoms with Crippen molar-refractivity contribution in [1.82, 2.24) is 4.98 Å². The van der Waals surface area contributed by atoms with Gasteiger partial charge in [0.2, 0.25) is 0 Å². The standard InChI is InChI=1S/C20H17ClN2O4S/c1-12-18(28-19(22-12)13-4-3-5-14(21)10-13)20(25)27-11-17(24)23-15-6-8-16(26-2)9-7-15/h3-10H,11H2,1-2H3,(H,23,24). The number of aromatic nitrogens is 1. The van der Waals surface area contributed by atoms with E-state index in [2.05, 4.69) is 10.3 Å². The Morgan fingerprint density at radius 2 is 1.93 bits per heavy atom. The number of ether oxygens (including phenoxy) is 2. The molecule has 0 atom stereocenters. The average Bonchev–Trinajstić information content (AvgIpc) is 3.08. The number of nitrogens with one attached hydrogen (secondary N) is 1. The van der Waals surface area contributed by atoms with Crippen LogP contribution in [0.5, 0.6) is 5.75 Å². The number of nitrogens with zero attached hydrogens (tertiary/aromatic N) is 1. The number of methoxy groups -OCH3 is 1. The molecule has 0 spiro atoms. The number of amides is 1. The molecule has 0 unspecified atom stereocenters. The lowest BCUT2D eigenvalue weighted by Crippen LogP contribution is -2.20. The van der Waals surface area contributed by atoms with Gasteiger partial charge < -0.3 is 14.8 Å². The number of hydrogen-bond acceptors (Lipinski definition) is 6. The fraction of sp³-hybridized carbons (Fsp3) is 0.150. The molecule has 8 heteroatoms. The first-order valence-electron chi connectivity index (χ1n) is 8.30. The summed E-state index contributed by atoms with van der Waals surface area (Å²) in [6, 6.07) is 14.1. The summed E-state index contributed by atoms with van der Waals surface area (Å²) in [6.07, 6.45) is 0. The van der Waals surface area contributed by atoms with E-state index in [1.807, 2.05) is 12.1 Å². The summed E-state index contributed by atoms with van der Waals surface area (Å²) < 4.78 is 10.2. The highest BCUT2D eigenvalue weighted by Gasteiger charge is 2.19. The number of benzene rings is 2. The van der Waals surface area contributed by atoms with Gasteiger partial charge in [-0.05, 0) is 43.3 Å². The number of aryl methyl sites for hydroxylation is 1. The summed E-state index contributed by atoms with van der Waals surface area (Å²) >= 11 is 7.20. The number of carbonyl (C=O) groups is 2. The maximum Gasteiger partial charge on any atom is 0.350 e. The van der Waals surface area contributed by atoms with Gasteiger partial charge in [0.1, 0.15) is 15.6 Å². The molecule has 2 aromatic carbocycles. The van der Waals surface area contributed by atoms with E-state index in [4.69, 9.17) is 21.1 Å². The Morgan fingerprint density at radius 1 is 1.18 bits per heavy atom. The zero-order valence-corrected chi connectivity index (χ0v) is 16.8. The van der Waals surface area contributed by atoms with Crippen molar-refractivity contribution in [3.8, 4) is 16.3 Å². The molecule has 0 saturated heterocycles. The van der Waals surface area contributed by atoms with Crippen LogP contribution in [0.2, 0.25) is 5.02 Å². The van der Waals surface area contributed by atoms with E-state index >= 15 is 0 Å². The summed E-state index contributed by atoms with van der Waals surface area (Å²) in [5.41, 5.74) is 1.94. The van der Waals surface area contributed by atoms with Gasteiger partial charge in [0, 0.05) is 16.3 Å². The Labute approximate surface area is 171 Å². The van der Waals surface area contributed by atoms with Gasteiger partial charge in [0.05, 0.1) is 12.8 Å². The molecule has 0 radical (unpaired) electrons. The van der Waals surface area contributed by atoms with Gasteiger partial charge in [0.25, 0.3) is 5.91 Å². The summed E-state index contributed by atoms with van der Waals surface area (Å²) in [5.74, 6) is -0.343. The molecule has 6 nitrogen and oxygen atoms in total. The number of rotatable bonds is 6. The predicted octanol–water partition coefficient (Wildman–Crippen LogP) is 4.58. The first-order chi connectivity index (χ1) is 13.5. The molecule has 28 heavy (non-hydrogen) atoms. The largest absolute Gasteiger partial charge is 0.497 e. The normalized spacial score (nSPS) is 10.4. The second-order valence-corrected chi connectivity index (χ2v) is 7.23. The summed E-state index contributed by atoms with van der Waals surface area (Å²) in [4.78, 5) is 29.1. The van der Waals surface area contributed by atoms with E-state index in [0.717, 1.165) is 5.56 Å². The van der Waals surface area contributed by atoms with Crippen LogP contribution < -0.4 is 10.1 Å². The van der Waals surface area contributed by atoms with Crippen LogP contribution in [-0.4, -0.2) is 30.6 Å². The van der Waals surface area contributed by atoms with Crippen molar-refractivity contribution in [3.63, 3.8) is 0 Å². The fourth-order valence-corrected chi connectivity index (χ4v) is 3.55. The molecule has 1 amide bonds. The maximum absolute atomic E-state index is 12.3. The minimum absolute atomic E-state index is 0.354. The van der Waals surface area contributed by atoms with Crippen molar-refractivity contribution in [2.24, 2.45) is 0 Å². The lowest BCUT2D eigenvalue weighted by molar-refractivity contribution is -0.119. The number of hydrogen-bond donors (Lipinski definition) is 1. The third-order valence-electron chi connectivity index (χ3n) is 3.76. The average molecular weight is 417 g/mol. The lowest BCUT2D eigenvalue weighted by atomic mass is 10.2. The van der Waals surface area contributed by atoms with Crippen molar-refractivity contribution in [1.29, 1.82) is 0 Å². The second kappa shape index (κ2) is 8.86. The van der Waals surface area contributed by atoms with Crippen molar-refractivity contribution >= 4 is 40.5 Å². The Balaban J connectivity index is 1.60. The van der Waals surface area contributed by atoms with Gasteiger partial charge in [0.15, 0.2) is 6.61 Å². The zero-order chi connectivity index (χ0) is 20.1. The molecule has 1 aromatic heterocycles. The van der Waals surface area contributed by atoms with Gasteiger partial charge in [-0.1, -0.05) is 23.7 Å². The van der Waals surface area contributed by atoms with Crippen LogP contribution in [0.3, 0.4) is 0 Å². The van der Waals surface area contributed by atoms with Gasteiger partial charge in [-0.3, -0.25) is 4.79 Å². The lowest BCUT2D eigenvalue weighted by Gasteiger charge is -2.07. The second-order valence-electron chi connectivity index (χ2n) is 5.80. The first kappa shape index (κ1) is 19.9. The first-order valence-corrected chi connectivity index (χ1v) is 9.50. The highest BCUT2D eigenvalue weighted by Crippen LogP contribution is 2.29. The molecule has 3 aromatic rings. The Morgan fingerprint density at radius 3 is 2.61 bits per heavy atom. The monoisotopic (exact) mass is 416 g/mol. The predicted molar refractivity (Wildman–Crippen MR) is 109 cm³/mol. The third kappa shape index (κ3) is 4.88. The van der Waals surface area contributed by atoms with Crippen LogP contribution in [0.25, 0.3) is 10.6 Å². The van der Waals surface area contributed by atoms with Crippen LogP contribution in [0.1, 0.15) is 15.4 Å². The molecule has 3 rings (SSSR count). The highest BCUT2D eigenvalue weighted by atomic mass is 35.5. The molecule has 1 heterocycles. The van der Waals surface area contributed by atoms with Crippen molar-refractivity contribution in [3.05, 3.63) is 64.1 Å². The van der Waals surface area contributed by atoms with Crippen LogP contribution in [0.15, 0.2) is 48.5 Å². The van der Waals surface area contributed by atoms with Crippen molar-refractivity contribution < 1.29 is 19.1 Å². The molecule has 0 aliphatic heterocycles. The minimum Gasteiger partial charge on any atom is -0.497 e. The van der Waals surface area contributed by atoms with Crippen LogP contribution >= 0.6 is 22.9 Å². The Hall–Kier alpha value is -2.90. The number of thiazole rings is 1. The number of carbonyl (C=O) groups excluding carboxylic acids is 2. The summed E-state index contributed by atoms with van der Waals surface area (Å²) in [6.45, 7) is 1.33. The number of anilines is 1. The van der Waals surface area contributed by atoms with E-state index in [0.29, 0.717) is 32.0 Å². The van der Waals surface area contributed by atoms with Gasteiger partial charge in [-0.25, -0.2) is 9.78 Å². The minimum atomic E-state index is -0.590. The molecule has 144 valence electrons. The zero-order valence-electron chi connectivity index (χ0n) is 15.2. The molecule has 1 N–H and O–H groups in total. The maximum atomic E-state index is 12.3. The Bertz CT molecular complexity index is 1000. The van der Waals surface area contributed by atoms with E-state index in [1.165, 1.54) is 11.3 Å². The van der Waals surface area contributed by atoms with E-state index in [9.17, 15) is 9.59 Å². The molecule has 0 saturated carbocycles. The molecule has 0 aliphatic carbocycles. The summed E-state index contributed by atoms with van der Waals surface area (Å²) in [5, 5.41) is 3.90. The number of halogens is 1. The fourth-order valence-electron chi connectivity index (χ4n) is 2.40. The number of esters is 1. The SMILES string of the molecule is COc1ccc(NC(=O)COC(=O)c2sc(-c3cccc(Cl)c3)nc2C)cc1. The van der Waals surface area contributed by atoms with Crippen molar-refractivity contribution in [2.75, 3.05) is 19.0 Å². The highest BCUT2D eigenvalue weighted by molar-refractivity contribution is 7.17. The molecular formula is C20H17ClN2O4S. The third-order valence-corrected chi connectivity index (χ3v) is 5.18. The smallest absolute Gasteiger partial charge is 0.350 e. The van der Waals surface area contributed by atoms with E-state index < -0.39 is 18.5 Å². The van der Waals surface area contributed by atoms with Gasteiger partial charge in [-0.15, -0.1) is 11.3 Å². The quantitative estimate of drug-likeness (QED) is 0.595. The molecular weight excluding hydrogens is 400 g/mol. The van der Waals surface area contributed by atoms with Gasteiger partial charge in [-0.2, -0.15) is 0 Å². The summed E-state index contributed by atoms with van der Waals surface area (Å²) in [7, 11) is 1.56. The molecule has 0 bridgehead atoms. The van der Waals surface area contributed by atoms with E-state index in [1.54, 1.807) is 50.4 Å². The topological polar surface area (TPSA) is 77.5 Å².